The Kier molecular flexibility index (Phi) is 4.58. The summed E-state index contributed by atoms with van der Waals surface area (Å²) >= 11 is 0. The molecule has 5 nitrogen and oxygen atoms in total. The fourth-order valence-electron chi connectivity index (χ4n) is 3.93. The summed E-state index contributed by atoms with van der Waals surface area (Å²) in [6, 6.07) is 15.8. The summed E-state index contributed by atoms with van der Waals surface area (Å²) in [6.45, 7) is 0.940. The smallest absolute Gasteiger partial charge is 0.322 e. The van der Waals surface area contributed by atoms with E-state index in [2.05, 4.69) is 16.4 Å². The van der Waals surface area contributed by atoms with Crippen LogP contribution in [0.3, 0.4) is 0 Å². The van der Waals surface area contributed by atoms with Crippen molar-refractivity contribution in [2.75, 3.05) is 12.4 Å². The van der Waals surface area contributed by atoms with Crippen LogP contribution in [-0.4, -0.2) is 23.0 Å². The van der Waals surface area contributed by atoms with Gasteiger partial charge in [0.25, 0.3) is 0 Å². The minimum Gasteiger partial charge on any atom is -0.497 e. The van der Waals surface area contributed by atoms with E-state index < -0.39 is 11.6 Å². The van der Waals surface area contributed by atoms with Crippen molar-refractivity contribution in [3.63, 3.8) is 0 Å². The van der Waals surface area contributed by atoms with Gasteiger partial charge in [0.15, 0.2) is 11.6 Å². The third-order valence-electron chi connectivity index (χ3n) is 5.58. The fourth-order valence-corrected chi connectivity index (χ4v) is 3.93. The number of H-pyrrole nitrogens is 1. The van der Waals surface area contributed by atoms with Gasteiger partial charge in [-0.05, 0) is 46.5 Å². The number of carbonyl (C=O) groups is 1. The largest absolute Gasteiger partial charge is 0.497 e. The molecule has 2 amide bonds. The number of benzene rings is 3. The summed E-state index contributed by atoms with van der Waals surface area (Å²) in [4.78, 5) is 17.4. The second-order valence-electron chi connectivity index (χ2n) is 7.52. The summed E-state index contributed by atoms with van der Waals surface area (Å²) in [5, 5.41) is 3.22. The standard InChI is InChI=1S/C24H19F2N3O2/c1-31-18-4-2-3-14(8-18)15-5-6-16-12-29(13-17(16)7-15)24(30)28-23-11-27-22-10-21(26)20(25)9-19(22)23/h2-11,27H,12-13H2,1H3,(H,28,30). The van der Waals surface area contributed by atoms with Gasteiger partial charge in [-0.15, -0.1) is 0 Å². The summed E-state index contributed by atoms with van der Waals surface area (Å²) < 4.78 is 32.4. The molecule has 0 fully saturated rings. The number of aromatic amines is 1. The number of ether oxygens (including phenoxy) is 1. The highest BCUT2D eigenvalue weighted by Gasteiger charge is 2.24. The van der Waals surface area contributed by atoms with Gasteiger partial charge in [-0.3, -0.25) is 0 Å². The predicted octanol–water partition coefficient (Wildman–Crippen LogP) is 5.67. The number of anilines is 1. The fraction of sp³-hybridized carbons (Fsp3) is 0.125. The number of nitrogens with one attached hydrogen (secondary N) is 2. The van der Waals surface area contributed by atoms with Gasteiger partial charge in [0.1, 0.15) is 5.75 Å². The molecular formula is C24H19F2N3O2. The molecule has 3 aromatic carbocycles. The number of rotatable bonds is 3. The van der Waals surface area contributed by atoms with Gasteiger partial charge >= 0.3 is 6.03 Å². The van der Waals surface area contributed by atoms with E-state index >= 15 is 0 Å². The molecule has 31 heavy (non-hydrogen) atoms. The van der Waals surface area contributed by atoms with E-state index in [1.54, 1.807) is 12.0 Å². The number of amides is 2. The minimum absolute atomic E-state index is 0.301. The van der Waals surface area contributed by atoms with Gasteiger partial charge < -0.3 is 19.9 Å². The summed E-state index contributed by atoms with van der Waals surface area (Å²) in [6.07, 6.45) is 1.53. The van der Waals surface area contributed by atoms with E-state index in [0.717, 1.165) is 40.1 Å². The average molecular weight is 419 g/mol. The SMILES string of the molecule is COc1cccc(-c2ccc3c(c2)CN(C(=O)Nc2c[nH]c4cc(F)c(F)cc24)C3)c1. The maximum Gasteiger partial charge on any atom is 0.322 e. The lowest BCUT2D eigenvalue weighted by molar-refractivity contribution is 0.212. The third kappa shape index (κ3) is 3.48. The first-order chi connectivity index (χ1) is 15.0. The first-order valence-corrected chi connectivity index (χ1v) is 9.80. The van der Waals surface area contributed by atoms with Gasteiger partial charge in [0, 0.05) is 30.7 Å². The number of hydrogen-bond donors (Lipinski definition) is 2. The first kappa shape index (κ1) is 19.1. The number of carbonyl (C=O) groups excluding carboxylic acids is 1. The molecule has 0 aliphatic carbocycles. The van der Waals surface area contributed by atoms with Crippen molar-refractivity contribution < 1.29 is 18.3 Å². The monoisotopic (exact) mass is 419 g/mol. The number of halogens is 2. The molecule has 0 saturated heterocycles. The van der Waals surface area contributed by atoms with Crippen molar-refractivity contribution in [3.05, 3.63) is 83.6 Å². The van der Waals surface area contributed by atoms with Crippen molar-refractivity contribution in [1.82, 2.24) is 9.88 Å². The lowest BCUT2D eigenvalue weighted by Crippen LogP contribution is -2.30. The predicted molar refractivity (Wildman–Crippen MR) is 115 cm³/mol. The van der Waals surface area contributed by atoms with Crippen molar-refractivity contribution in [2.24, 2.45) is 0 Å². The second-order valence-corrected chi connectivity index (χ2v) is 7.52. The van der Waals surface area contributed by atoms with Crippen molar-refractivity contribution >= 4 is 22.6 Å². The van der Waals surface area contributed by atoms with Gasteiger partial charge in [-0.1, -0.05) is 24.3 Å². The normalized spacial score (nSPS) is 12.8. The van der Waals surface area contributed by atoms with Crippen LogP contribution in [0, 0.1) is 11.6 Å². The zero-order valence-corrected chi connectivity index (χ0v) is 16.7. The van der Waals surface area contributed by atoms with Crippen LogP contribution in [0.5, 0.6) is 5.75 Å². The van der Waals surface area contributed by atoms with E-state index in [9.17, 15) is 13.6 Å². The van der Waals surface area contributed by atoms with E-state index in [4.69, 9.17) is 4.74 Å². The zero-order chi connectivity index (χ0) is 21.5. The number of urea groups is 1. The van der Waals surface area contributed by atoms with Crippen LogP contribution in [0.1, 0.15) is 11.1 Å². The van der Waals surface area contributed by atoms with E-state index in [1.807, 2.05) is 36.4 Å². The number of hydrogen-bond acceptors (Lipinski definition) is 2. The van der Waals surface area contributed by atoms with Gasteiger partial charge in [-0.2, -0.15) is 0 Å². The number of methoxy groups -OCH3 is 1. The molecule has 156 valence electrons. The molecule has 0 radical (unpaired) electrons. The molecule has 0 saturated carbocycles. The molecule has 2 heterocycles. The summed E-state index contributed by atoms with van der Waals surface area (Å²) in [7, 11) is 1.64. The Morgan fingerprint density at radius 3 is 2.61 bits per heavy atom. The molecule has 0 unspecified atom stereocenters. The molecule has 0 atom stereocenters. The molecule has 1 aliphatic rings. The lowest BCUT2D eigenvalue weighted by atomic mass is 10.0. The molecular weight excluding hydrogens is 400 g/mol. The highest BCUT2D eigenvalue weighted by molar-refractivity contribution is 6.01. The highest BCUT2D eigenvalue weighted by Crippen LogP contribution is 2.31. The molecule has 5 rings (SSSR count). The Bertz CT molecular complexity index is 1320. The molecule has 4 aromatic rings. The number of nitrogens with zero attached hydrogens (tertiary/aromatic N) is 1. The van der Waals surface area contributed by atoms with Crippen LogP contribution in [0.15, 0.2) is 60.8 Å². The van der Waals surface area contributed by atoms with Crippen LogP contribution < -0.4 is 10.1 Å². The van der Waals surface area contributed by atoms with Crippen LogP contribution in [0.4, 0.5) is 19.3 Å². The molecule has 0 bridgehead atoms. The van der Waals surface area contributed by atoms with Crippen molar-refractivity contribution in [3.8, 4) is 16.9 Å². The van der Waals surface area contributed by atoms with Crippen LogP contribution in [0.25, 0.3) is 22.0 Å². The Morgan fingerprint density at radius 1 is 1.00 bits per heavy atom. The quantitative estimate of drug-likeness (QED) is 0.450. The van der Waals surface area contributed by atoms with Gasteiger partial charge in [0.05, 0.1) is 18.3 Å². The van der Waals surface area contributed by atoms with E-state index in [-0.39, 0.29) is 6.03 Å². The Balaban J connectivity index is 1.35. The number of fused-ring (bicyclic) bond motifs is 2. The Labute approximate surface area is 177 Å². The van der Waals surface area contributed by atoms with Crippen LogP contribution >= 0.6 is 0 Å². The number of aromatic nitrogens is 1. The molecule has 1 aliphatic heterocycles. The highest BCUT2D eigenvalue weighted by atomic mass is 19.2. The van der Waals surface area contributed by atoms with Crippen LogP contribution in [-0.2, 0) is 13.1 Å². The maximum absolute atomic E-state index is 13.6. The average Bonchev–Trinajstić information content (AvgIpc) is 3.38. The molecule has 7 heteroatoms. The molecule has 1 aromatic heterocycles. The lowest BCUT2D eigenvalue weighted by Gasteiger charge is -2.16. The summed E-state index contributed by atoms with van der Waals surface area (Å²) in [5.41, 5.74) is 5.07. The first-order valence-electron chi connectivity index (χ1n) is 9.80. The van der Waals surface area contributed by atoms with E-state index in [1.165, 1.54) is 6.20 Å². The minimum atomic E-state index is -0.957. The second kappa shape index (κ2) is 7.43. The van der Waals surface area contributed by atoms with Crippen molar-refractivity contribution in [1.29, 1.82) is 0 Å². The van der Waals surface area contributed by atoms with Gasteiger partial charge in [-0.25, -0.2) is 13.6 Å². The van der Waals surface area contributed by atoms with Crippen LogP contribution in [0.2, 0.25) is 0 Å². The van der Waals surface area contributed by atoms with E-state index in [0.29, 0.717) is 29.7 Å². The third-order valence-corrected chi connectivity index (χ3v) is 5.58. The Morgan fingerprint density at radius 2 is 1.77 bits per heavy atom. The molecule has 2 N–H and O–H groups in total. The van der Waals surface area contributed by atoms with Crippen molar-refractivity contribution in [2.45, 2.75) is 13.1 Å². The topological polar surface area (TPSA) is 57.4 Å². The molecule has 0 spiro atoms. The Hall–Kier alpha value is -3.87. The zero-order valence-electron chi connectivity index (χ0n) is 16.7. The van der Waals surface area contributed by atoms with Gasteiger partial charge in [0.2, 0.25) is 0 Å². The maximum atomic E-state index is 13.6. The summed E-state index contributed by atoms with van der Waals surface area (Å²) in [5.74, 6) is -1.11.